The first kappa shape index (κ1) is 16.6. The Morgan fingerprint density at radius 1 is 1.42 bits per heavy atom. The molecule has 19 heavy (non-hydrogen) atoms. The Bertz CT molecular complexity index is 289. The van der Waals surface area contributed by atoms with Crippen molar-refractivity contribution in [3.8, 4) is 0 Å². The van der Waals surface area contributed by atoms with Crippen LogP contribution in [0.2, 0.25) is 0 Å². The van der Waals surface area contributed by atoms with Gasteiger partial charge in [0.15, 0.2) is 0 Å². The summed E-state index contributed by atoms with van der Waals surface area (Å²) in [5, 5.41) is 15.0. The molecule has 1 aliphatic heterocycles. The van der Waals surface area contributed by atoms with Gasteiger partial charge in [0.05, 0.1) is 0 Å². The third kappa shape index (κ3) is 6.52. The van der Waals surface area contributed by atoms with Gasteiger partial charge in [0, 0.05) is 24.4 Å². The molecule has 0 aliphatic carbocycles. The highest BCUT2D eigenvalue weighted by Gasteiger charge is 2.29. The van der Waals surface area contributed by atoms with Gasteiger partial charge in [-0.1, -0.05) is 13.8 Å². The molecule has 3 N–H and O–H groups in total. The van der Waals surface area contributed by atoms with E-state index in [1.165, 1.54) is 18.6 Å². The van der Waals surface area contributed by atoms with E-state index in [1.807, 2.05) is 25.6 Å². The van der Waals surface area contributed by atoms with Gasteiger partial charge >= 0.3 is 6.03 Å². The standard InChI is InChI=1S/C14H28N2O2S/c1-13(2,11-17)6-4-8-15-12(18)16-10-14(3)7-5-9-19-14/h17H,4-11H2,1-3H3,(H2,15,16,18)/t14-/m0/s1. The maximum atomic E-state index is 11.7. The molecule has 0 radical (unpaired) electrons. The van der Waals surface area contributed by atoms with Gasteiger partial charge < -0.3 is 15.7 Å². The second-order valence-corrected chi connectivity index (χ2v) is 8.12. The lowest BCUT2D eigenvalue weighted by atomic mass is 9.89. The highest BCUT2D eigenvalue weighted by atomic mass is 32.2. The van der Waals surface area contributed by atoms with Crippen LogP contribution in [0.15, 0.2) is 0 Å². The van der Waals surface area contributed by atoms with Crippen molar-refractivity contribution in [2.45, 2.75) is 51.2 Å². The van der Waals surface area contributed by atoms with E-state index in [0.29, 0.717) is 6.54 Å². The maximum Gasteiger partial charge on any atom is 0.314 e. The molecule has 1 saturated heterocycles. The number of thioether (sulfide) groups is 1. The Hall–Kier alpha value is -0.420. The number of carbonyl (C=O) groups is 1. The van der Waals surface area contributed by atoms with Gasteiger partial charge in [-0.3, -0.25) is 0 Å². The largest absolute Gasteiger partial charge is 0.396 e. The van der Waals surface area contributed by atoms with Crippen LogP contribution in [0.25, 0.3) is 0 Å². The highest BCUT2D eigenvalue weighted by Crippen LogP contribution is 2.36. The zero-order chi connectivity index (χ0) is 14.4. The molecule has 0 spiro atoms. The van der Waals surface area contributed by atoms with E-state index >= 15 is 0 Å². The van der Waals surface area contributed by atoms with Gasteiger partial charge in [0.2, 0.25) is 0 Å². The molecular formula is C14H28N2O2S. The zero-order valence-corrected chi connectivity index (χ0v) is 13.2. The molecular weight excluding hydrogens is 260 g/mol. The van der Waals surface area contributed by atoms with Crippen LogP contribution in [-0.2, 0) is 0 Å². The number of amides is 2. The molecule has 0 unspecified atom stereocenters. The number of nitrogens with one attached hydrogen (secondary N) is 2. The van der Waals surface area contributed by atoms with Gasteiger partial charge in [-0.2, -0.15) is 11.8 Å². The number of carbonyl (C=O) groups excluding carboxylic acids is 1. The van der Waals surface area contributed by atoms with Crippen LogP contribution in [0.3, 0.4) is 0 Å². The van der Waals surface area contributed by atoms with Crippen molar-refractivity contribution in [1.29, 1.82) is 0 Å². The van der Waals surface area contributed by atoms with E-state index in [0.717, 1.165) is 19.4 Å². The van der Waals surface area contributed by atoms with Crippen molar-refractivity contribution in [3.63, 3.8) is 0 Å². The number of aliphatic hydroxyl groups is 1. The van der Waals surface area contributed by atoms with Gasteiger partial charge in [0.1, 0.15) is 0 Å². The molecule has 0 bridgehead atoms. The van der Waals surface area contributed by atoms with Crippen LogP contribution in [0.5, 0.6) is 0 Å². The fraction of sp³-hybridized carbons (Fsp3) is 0.929. The summed E-state index contributed by atoms with van der Waals surface area (Å²) in [7, 11) is 0. The predicted octanol–water partition coefficient (Wildman–Crippen LogP) is 2.37. The summed E-state index contributed by atoms with van der Waals surface area (Å²) in [6.45, 7) is 7.88. The Morgan fingerprint density at radius 3 is 2.74 bits per heavy atom. The van der Waals surface area contributed by atoms with E-state index in [-0.39, 0.29) is 22.8 Å². The number of hydrogen-bond donors (Lipinski definition) is 3. The molecule has 0 aromatic heterocycles. The van der Waals surface area contributed by atoms with Crippen molar-refractivity contribution >= 4 is 17.8 Å². The molecule has 1 atom stereocenters. The Morgan fingerprint density at radius 2 is 2.16 bits per heavy atom. The SMILES string of the molecule is CC(C)(CO)CCCNC(=O)NC[C@]1(C)CCCS1. The molecule has 0 aromatic rings. The second kappa shape index (κ2) is 7.39. The number of rotatable bonds is 7. The van der Waals surface area contributed by atoms with Crippen LogP contribution < -0.4 is 10.6 Å². The number of hydrogen-bond acceptors (Lipinski definition) is 3. The minimum absolute atomic E-state index is 0.0495. The Labute approximate surface area is 121 Å². The monoisotopic (exact) mass is 288 g/mol. The third-order valence-corrected chi connectivity index (χ3v) is 5.21. The molecule has 1 rings (SSSR count). The summed E-state index contributed by atoms with van der Waals surface area (Å²) in [6, 6.07) is -0.0736. The van der Waals surface area contributed by atoms with Crippen molar-refractivity contribution in [2.24, 2.45) is 5.41 Å². The molecule has 112 valence electrons. The fourth-order valence-electron chi connectivity index (χ4n) is 2.15. The summed E-state index contributed by atoms with van der Waals surface area (Å²) < 4.78 is 0.218. The molecule has 1 aliphatic rings. The van der Waals surface area contributed by atoms with Crippen LogP contribution >= 0.6 is 11.8 Å². The molecule has 0 saturated carbocycles. The maximum absolute atomic E-state index is 11.7. The van der Waals surface area contributed by atoms with Crippen molar-refractivity contribution < 1.29 is 9.90 Å². The summed E-state index contributed by atoms with van der Waals surface area (Å²) in [4.78, 5) is 11.7. The first-order valence-corrected chi connectivity index (χ1v) is 8.12. The van der Waals surface area contributed by atoms with E-state index in [1.54, 1.807) is 0 Å². The lowest BCUT2D eigenvalue weighted by Crippen LogP contribution is -2.42. The predicted molar refractivity (Wildman–Crippen MR) is 81.6 cm³/mol. The van der Waals surface area contributed by atoms with Crippen molar-refractivity contribution in [1.82, 2.24) is 10.6 Å². The Kier molecular flexibility index (Phi) is 6.47. The molecule has 0 aromatic carbocycles. The second-order valence-electron chi connectivity index (χ2n) is 6.44. The van der Waals surface area contributed by atoms with Gasteiger partial charge in [-0.15, -0.1) is 0 Å². The molecule has 2 amide bonds. The highest BCUT2D eigenvalue weighted by molar-refractivity contribution is 8.00. The topological polar surface area (TPSA) is 61.4 Å². The third-order valence-electron chi connectivity index (χ3n) is 3.67. The van der Waals surface area contributed by atoms with Gasteiger partial charge in [0.25, 0.3) is 0 Å². The Balaban J connectivity index is 2.08. The smallest absolute Gasteiger partial charge is 0.314 e. The number of urea groups is 1. The summed E-state index contributed by atoms with van der Waals surface area (Å²) >= 11 is 1.95. The number of aliphatic hydroxyl groups excluding tert-OH is 1. The minimum Gasteiger partial charge on any atom is -0.396 e. The average Bonchev–Trinajstić information content (AvgIpc) is 2.80. The van der Waals surface area contributed by atoms with Crippen LogP contribution in [0, 0.1) is 5.41 Å². The fourth-order valence-corrected chi connectivity index (χ4v) is 3.40. The van der Waals surface area contributed by atoms with E-state index in [4.69, 9.17) is 5.11 Å². The average molecular weight is 288 g/mol. The van der Waals surface area contributed by atoms with Gasteiger partial charge in [-0.05, 0) is 43.8 Å². The van der Waals surface area contributed by atoms with E-state index in [2.05, 4.69) is 17.6 Å². The minimum atomic E-state index is -0.0736. The first-order valence-electron chi connectivity index (χ1n) is 7.13. The summed E-state index contributed by atoms with van der Waals surface area (Å²) in [5.41, 5.74) is -0.0495. The first-order chi connectivity index (χ1) is 8.87. The summed E-state index contributed by atoms with van der Waals surface area (Å²) in [5.74, 6) is 1.20. The molecule has 1 fully saturated rings. The molecule has 1 heterocycles. The van der Waals surface area contributed by atoms with Crippen molar-refractivity contribution in [2.75, 3.05) is 25.4 Å². The van der Waals surface area contributed by atoms with Gasteiger partial charge in [-0.25, -0.2) is 4.79 Å². The lowest BCUT2D eigenvalue weighted by Gasteiger charge is -2.23. The van der Waals surface area contributed by atoms with Crippen LogP contribution in [0.4, 0.5) is 4.79 Å². The van der Waals surface area contributed by atoms with Crippen molar-refractivity contribution in [3.05, 3.63) is 0 Å². The summed E-state index contributed by atoms with van der Waals surface area (Å²) in [6.07, 6.45) is 4.24. The molecule has 5 heteroatoms. The molecule has 4 nitrogen and oxygen atoms in total. The quantitative estimate of drug-likeness (QED) is 0.630. The van der Waals surface area contributed by atoms with Crippen LogP contribution in [-0.4, -0.2) is 41.3 Å². The normalized spacial score (nSPS) is 23.4. The zero-order valence-electron chi connectivity index (χ0n) is 12.4. The van der Waals surface area contributed by atoms with E-state index in [9.17, 15) is 4.79 Å². The lowest BCUT2D eigenvalue weighted by molar-refractivity contribution is 0.148. The van der Waals surface area contributed by atoms with E-state index < -0.39 is 0 Å². The van der Waals surface area contributed by atoms with Crippen LogP contribution in [0.1, 0.15) is 46.5 Å².